The van der Waals surface area contributed by atoms with Crippen LogP contribution in [-0.2, 0) is 16.1 Å². The second-order valence-electron chi connectivity index (χ2n) is 6.42. The molecule has 28 heavy (non-hydrogen) atoms. The molecule has 0 aliphatic carbocycles. The van der Waals surface area contributed by atoms with Crippen LogP contribution in [0.3, 0.4) is 0 Å². The molecule has 2 aromatic carbocycles. The first-order valence-corrected chi connectivity index (χ1v) is 10.1. The van der Waals surface area contributed by atoms with E-state index < -0.39 is 23.8 Å². The number of rotatable bonds is 7. The van der Waals surface area contributed by atoms with E-state index in [0.29, 0.717) is 16.9 Å². The Hall–Kier alpha value is -2.80. The van der Waals surface area contributed by atoms with Crippen molar-refractivity contribution in [1.29, 1.82) is 0 Å². The van der Waals surface area contributed by atoms with Crippen LogP contribution in [0, 0.1) is 6.92 Å². The summed E-state index contributed by atoms with van der Waals surface area (Å²) in [6.07, 6.45) is 1.81. The zero-order chi connectivity index (χ0) is 20.3. The minimum Gasteiger partial charge on any atom is -0.496 e. The number of carbonyl (C=O) groups excluding carboxylic acids is 3. The molecule has 1 atom stereocenters. The predicted octanol–water partition coefficient (Wildman–Crippen LogP) is 3.07. The number of fused-ring (bicyclic) bond motifs is 1. The lowest BCUT2D eigenvalue weighted by Crippen LogP contribution is -2.47. The second kappa shape index (κ2) is 8.48. The summed E-state index contributed by atoms with van der Waals surface area (Å²) in [5, 5.41) is 0. The molecule has 7 heteroatoms. The van der Waals surface area contributed by atoms with Crippen LogP contribution in [0.2, 0.25) is 0 Å². The minimum atomic E-state index is -0.988. The summed E-state index contributed by atoms with van der Waals surface area (Å²) in [5.74, 6) is -0.683. The number of thioether (sulfide) groups is 1. The van der Waals surface area contributed by atoms with E-state index >= 15 is 0 Å². The van der Waals surface area contributed by atoms with Crippen molar-refractivity contribution in [3.05, 3.63) is 64.7 Å². The molecule has 0 aromatic heterocycles. The number of carbonyl (C=O) groups is 3. The molecule has 0 spiro atoms. The normalized spacial score (nSPS) is 14.0. The molecule has 1 aliphatic heterocycles. The quantitative estimate of drug-likeness (QED) is 0.526. The Kier molecular flexibility index (Phi) is 6.04. The van der Waals surface area contributed by atoms with Crippen molar-refractivity contribution in [3.63, 3.8) is 0 Å². The van der Waals surface area contributed by atoms with Gasteiger partial charge in [0.1, 0.15) is 18.4 Å². The van der Waals surface area contributed by atoms with Crippen molar-refractivity contribution in [3.8, 4) is 5.75 Å². The fraction of sp³-hybridized carbons (Fsp3) is 0.286. The molecule has 1 aliphatic rings. The third-order valence-electron chi connectivity index (χ3n) is 4.54. The highest BCUT2D eigenvalue weighted by Crippen LogP contribution is 2.27. The Morgan fingerprint density at radius 3 is 2.32 bits per heavy atom. The Balaban J connectivity index is 1.80. The third kappa shape index (κ3) is 3.75. The van der Waals surface area contributed by atoms with Gasteiger partial charge in [-0.2, -0.15) is 11.8 Å². The van der Waals surface area contributed by atoms with Crippen LogP contribution in [0.4, 0.5) is 0 Å². The largest absolute Gasteiger partial charge is 0.496 e. The number of hydrogen-bond donors (Lipinski definition) is 0. The number of nitrogens with zero attached hydrogens (tertiary/aromatic N) is 1. The van der Waals surface area contributed by atoms with Crippen molar-refractivity contribution in [2.75, 3.05) is 19.1 Å². The van der Waals surface area contributed by atoms with Gasteiger partial charge in [-0.05, 0) is 37.4 Å². The third-order valence-corrected chi connectivity index (χ3v) is 5.19. The molecule has 6 nitrogen and oxygen atoms in total. The molecule has 0 unspecified atom stereocenters. The Morgan fingerprint density at radius 2 is 1.75 bits per heavy atom. The molecule has 0 N–H and O–H groups in total. The van der Waals surface area contributed by atoms with E-state index in [0.717, 1.165) is 16.0 Å². The van der Waals surface area contributed by atoms with Crippen LogP contribution < -0.4 is 4.74 Å². The van der Waals surface area contributed by atoms with E-state index in [1.165, 1.54) is 11.8 Å². The molecule has 0 fully saturated rings. The first kappa shape index (κ1) is 19.9. The number of amides is 2. The van der Waals surface area contributed by atoms with Crippen molar-refractivity contribution >= 4 is 29.5 Å². The fourth-order valence-electron chi connectivity index (χ4n) is 3.16. The smallest absolute Gasteiger partial charge is 0.330 e. The topological polar surface area (TPSA) is 72.9 Å². The fourth-order valence-corrected chi connectivity index (χ4v) is 3.76. The summed E-state index contributed by atoms with van der Waals surface area (Å²) in [6.45, 7) is 1.93. The summed E-state index contributed by atoms with van der Waals surface area (Å²) in [4.78, 5) is 39.2. The van der Waals surface area contributed by atoms with E-state index in [9.17, 15) is 14.4 Å². The zero-order valence-corrected chi connectivity index (χ0v) is 16.7. The molecule has 1 heterocycles. The van der Waals surface area contributed by atoms with Crippen LogP contribution in [-0.4, -0.2) is 47.8 Å². The van der Waals surface area contributed by atoms with E-state index in [4.69, 9.17) is 9.47 Å². The SMILES string of the molecule is COc1ccc(C)cc1COC(=O)[C@H](CSC)N1C(=O)c2ccccc2C1=O. The first-order valence-electron chi connectivity index (χ1n) is 8.74. The van der Waals surface area contributed by atoms with Gasteiger partial charge >= 0.3 is 5.97 Å². The average Bonchev–Trinajstić information content (AvgIpc) is 2.95. The standard InChI is InChI=1S/C21H21NO5S/c1-13-8-9-18(26-2)14(10-13)11-27-21(25)17(12-28-3)22-19(23)15-6-4-5-7-16(15)20(22)24/h4-10,17H,11-12H2,1-3H3/t17-/m0/s1. The van der Waals surface area contributed by atoms with Gasteiger partial charge in [0.05, 0.1) is 18.2 Å². The van der Waals surface area contributed by atoms with Gasteiger partial charge < -0.3 is 9.47 Å². The lowest BCUT2D eigenvalue weighted by atomic mass is 10.1. The van der Waals surface area contributed by atoms with Gasteiger partial charge in [-0.1, -0.05) is 23.8 Å². The summed E-state index contributed by atoms with van der Waals surface area (Å²) in [5.41, 5.74) is 2.35. The van der Waals surface area contributed by atoms with Gasteiger partial charge in [0.15, 0.2) is 0 Å². The van der Waals surface area contributed by atoms with Crippen LogP contribution in [0.5, 0.6) is 5.75 Å². The number of esters is 1. The Morgan fingerprint density at radius 1 is 1.11 bits per heavy atom. The zero-order valence-electron chi connectivity index (χ0n) is 15.9. The summed E-state index contributed by atoms with van der Waals surface area (Å²) in [6, 6.07) is 11.2. The van der Waals surface area contributed by atoms with E-state index in [-0.39, 0.29) is 12.4 Å². The van der Waals surface area contributed by atoms with Crippen LogP contribution in [0.15, 0.2) is 42.5 Å². The number of ether oxygens (including phenoxy) is 2. The molecule has 146 valence electrons. The molecule has 0 radical (unpaired) electrons. The van der Waals surface area contributed by atoms with Gasteiger partial charge in [0.2, 0.25) is 0 Å². The molecular weight excluding hydrogens is 378 g/mol. The van der Waals surface area contributed by atoms with E-state index in [2.05, 4.69) is 0 Å². The average molecular weight is 399 g/mol. The summed E-state index contributed by atoms with van der Waals surface area (Å²) < 4.78 is 10.8. The van der Waals surface area contributed by atoms with E-state index in [1.807, 2.05) is 31.4 Å². The van der Waals surface area contributed by atoms with Crippen LogP contribution >= 0.6 is 11.8 Å². The highest BCUT2D eigenvalue weighted by molar-refractivity contribution is 7.98. The number of imide groups is 1. The number of aryl methyl sites for hydroxylation is 1. The maximum atomic E-state index is 12.8. The summed E-state index contributed by atoms with van der Waals surface area (Å²) in [7, 11) is 1.55. The minimum absolute atomic E-state index is 0.00225. The molecule has 2 aromatic rings. The monoisotopic (exact) mass is 399 g/mol. The van der Waals surface area contributed by atoms with E-state index in [1.54, 1.807) is 31.4 Å². The lowest BCUT2D eigenvalue weighted by molar-refractivity contribution is -0.148. The van der Waals surface area contributed by atoms with Crippen LogP contribution in [0.25, 0.3) is 0 Å². The number of methoxy groups -OCH3 is 1. The number of benzene rings is 2. The van der Waals surface area contributed by atoms with Crippen molar-refractivity contribution < 1.29 is 23.9 Å². The van der Waals surface area contributed by atoms with Crippen LogP contribution in [0.1, 0.15) is 31.8 Å². The van der Waals surface area contributed by atoms with Crippen molar-refractivity contribution in [2.24, 2.45) is 0 Å². The Labute approximate surface area is 167 Å². The highest BCUT2D eigenvalue weighted by Gasteiger charge is 2.43. The maximum absolute atomic E-state index is 12.8. The molecular formula is C21H21NO5S. The highest BCUT2D eigenvalue weighted by atomic mass is 32.2. The molecule has 3 rings (SSSR count). The summed E-state index contributed by atoms with van der Waals surface area (Å²) >= 11 is 1.37. The maximum Gasteiger partial charge on any atom is 0.330 e. The predicted molar refractivity (Wildman–Crippen MR) is 107 cm³/mol. The van der Waals surface area contributed by atoms with Gasteiger partial charge in [-0.3, -0.25) is 14.5 Å². The molecule has 0 saturated carbocycles. The lowest BCUT2D eigenvalue weighted by Gasteiger charge is -2.24. The van der Waals surface area contributed by atoms with Gasteiger partial charge in [-0.25, -0.2) is 4.79 Å². The number of hydrogen-bond acceptors (Lipinski definition) is 6. The van der Waals surface area contributed by atoms with Gasteiger partial charge in [-0.15, -0.1) is 0 Å². The Bertz CT molecular complexity index is 892. The molecule has 0 bridgehead atoms. The van der Waals surface area contributed by atoms with Gasteiger partial charge in [0, 0.05) is 11.3 Å². The molecule has 2 amide bonds. The second-order valence-corrected chi connectivity index (χ2v) is 7.33. The van der Waals surface area contributed by atoms with Gasteiger partial charge in [0.25, 0.3) is 11.8 Å². The molecule has 0 saturated heterocycles. The van der Waals surface area contributed by atoms with Crippen molar-refractivity contribution in [2.45, 2.75) is 19.6 Å². The first-order chi connectivity index (χ1) is 13.5. The van der Waals surface area contributed by atoms with Crippen molar-refractivity contribution in [1.82, 2.24) is 4.90 Å².